The normalized spacial score (nSPS) is 13.0. The van der Waals surface area contributed by atoms with Crippen LogP contribution >= 0.6 is 15.9 Å². The van der Waals surface area contributed by atoms with Crippen molar-refractivity contribution in [3.63, 3.8) is 0 Å². The van der Waals surface area contributed by atoms with Gasteiger partial charge in [0.1, 0.15) is 5.82 Å². The van der Waals surface area contributed by atoms with Crippen LogP contribution in [-0.4, -0.2) is 9.78 Å². The number of anilines is 1. The molecule has 0 aromatic carbocycles. The van der Waals surface area contributed by atoms with E-state index < -0.39 is 0 Å². The van der Waals surface area contributed by atoms with E-state index in [2.05, 4.69) is 34.9 Å². The molecule has 0 bridgehead atoms. The van der Waals surface area contributed by atoms with Crippen molar-refractivity contribution in [2.75, 3.05) is 5.73 Å². The minimum atomic E-state index is 0.391. The average molecular weight is 288 g/mol. The van der Waals surface area contributed by atoms with Crippen LogP contribution in [-0.2, 0) is 0 Å². The zero-order valence-corrected chi connectivity index (χ0v) is 12.0. The molecular formula is C12H22BrN3. The molecule has 0 saturated carbocycles. The fraction of sp³-hybridized carbons (Fsp3) is 0.750. The van der Waals surface area contributed by atoms with Gasteiger partial charge in [-0.2, -0.15) is 5.10 Å². The van der Waals surface area contributed by atoms with Crippen LogP contribution in [0.2, 0.25) is 0 Å². The molecule has 2 N–H and O–H groups in total. The minimum absolute atomic E-state index is 0.391. The Bertz CT molecular complexity index is 333. The highest BCUT2D eigenvalue weighted by atomic mass is 79.9. The van der Waals surface area contributed by atoms with Crippen molar-refractivity contribution in [2.45, 2.75) is 58.9 Å². The lowest BCUT2D eigenvalue weighted by Crippen LogP contribution is -2.10. The van der Waals surface area contributed by atoms with Crippen LogP contribution in [0, 0.1) is 6.92 Å². The van der Waals surface area contributed by atoms with Crippen LogP contribution in [0.4, 0.5) is 5.82 Å². The predicted molar refractivity (Wildman–Crippen MR) is 72.5 cm³/mol. The second-order valence-electron chi connectivity index (χ2n) is 4.43. The van der Waals surface area contributed by atoms with E-state index in [0.29, 0.717) is 6.04 Å². The van der Waals surface area contributed by atoms with Gasteiger partial charge >= 0.3 is 0 Å². The molecule has 0 aliphatic rings. The van der Waals surface area contributed by atoms with E-state index in [-0.39, 0.29) is 0 Å². The Hall–Kier alpha value is -0.510. The van der Waals surface area contributed by atoms with E-state index in [1.54, 1.807) is 0 Å². The summed E-state index contributed by atoms with van der Waals surface area (Å²) >= 11 is 3.45. The summed E-state index contributed by atoms with van der Waals surface area (Å²) in [5, 5.41) is 4.45. The minimum Gasteiger partial charge on any atom is -0.383 e. The smallest absolute Gasteiger partial charge is 0.136 e. The van der Waals surface area contributed by atoms with E-state index in [4.69, 9.17) is 5.73 Å². The Morgan fingerprint density at radius 2 is 2.06 bits per heavy atom. The van der Waals surface area contributed by atoms with E-state index in [1.165, 1.54) is 25.7 Å². The van der Waals surface area contributed by atoms with Crippen LogP contribution in [0.25, 0.3) is 0 Å². The van der Waals surface area contributed by atoms with Gasteiger partial charge in [-0.15, -0.1) is 0 Å². The molecule has 0 radical (unpaired) electrons. The summed E-state index contributed by atoms with van der Waals surface area (Å²) in [4.78, 5) is 0. The Morgan fingerprint density at radius 1 is 1.38 bits per heavy atom. The van der Waals surface area contributed by atoms with Crippen molar-refractivity contribution in [3.05, 3.63) is 10.2 Å². The number of nitrogens with zero attached hydrogens (tertiary/aromatic N) is 2. The number of nitrogen functional groups attached to an aromatic ring is 1. The molecule has 1 unspecified atom stereocenters. The molecule has 0 saturated heterocycles. The maximum atomic E-state index is 5.99. The summed E-state index contributed by atoms with van der Waals surface area (Å²) in [6, 6.07) is 0.391. The third-order valence-corrected chi connectivity index (χ3v) is 3.92. The molecule has 1 atom stereocenters. The molecular weight excluding hydrogens is 266 g/mol. The summed E-state index contributed by atoms with van der Waals surface area (Å²) < 4.78 is 2.87. The lowest BCUT2D eigenvalue weighted by Gasteiger charge is -2.13. The summed E-state index contributed by atoms with van der Waals surface area (Å²) in [5.41, 5.74) is 6.96. The third-order valence-electron chi connectivity index (χ3n) is 2.94. The van der Waals surface area contributed by atoms with Crippen LogP contribution in [0.15, 0.2) is 4.47 Å². The van der Waals surface area contributed by atoms with Gasteiger partial charge in [0.05, 0.1) is 16.2 Å². The van der Waals surface area contributed by atoms with Gasteiger partial charge in [0.2, 0.25) is 0 Å². The second kappa shape index (κ2) is 6.28. The molecule has 4 heteroatoms. The van der Waals surface area contributed by atoms with Crippen molar-refractivity contribution in [3.8, 4) is 0 Å². The van der Waals surface area contributed by atoms with Crippen molar-refractivity contribution >= 4 is 21.7 Å². The summed E-state index contributed by atoms with van der Waals surface area (Å²) in [5.74, 6) is 0.750. The quantitative estimate of drug-likeness (QED) is 0.802. The molecule has 0 aliphatic carbocycles. The molecule has 0 amide bonds. The number of aromatic nitrogens is 2. The predicted octanol–water partition coefficient (Wildman–Crippen LogP) is 4.07. The molecule has 0 spiro atoms. The Labute approximate surface area is 107 Å². The fourth-order valence-electron chi connectivity index (χ4n) is 1.87. The Morgan fingerprint density at radius 3 is 2.56 bits per heavy atom. The Balaban J connectivity index is 2.52. The topological polar surface area (TPSA) is 43.8 Å². The summed E-state index contributed by atoms with van der Waals surface area (Å²) in [7, 11) is 0. The fourth-order valence-corrected chi connectivity index (χ4v) is 2.13. The second-order valence-corrected chi connectivity index (χ2v) is 5.22. The van der Waals surface area contributed by atoms with Crippen LogP contribution in [0.1, 0.15) is 57.7 Å². The molecule has 1 rings (SSSR count). The van der Waals surface area contributed by atoms with E-state index in [1.807, 2.05) is 11.6 Å². The first-order valence-corrected chi connectivity index (χ1v) is 6.87. The van der Waals surface area contributed by atoms with Gasteiger partial charge in [-0.1, -0.05) is 32.6 Å². The maximum absolute atomic E-state index is 5.99. The highest BCUT2D eigenvalue weighted by Gasteiger charge is 2.14. The molecule has 1 heterocycles. The number of aryl methyl sites for hydroxylation is 1. The monoisotopic (exact) mass is 287 g/mol. The number of unbranched alkanes of at least 4 members (excludes halogenated alkanes) is 3. The van der Waals surface area contributed by atoms with Gasteiger partial charge in [0, 0.05) is 0 Å². The van der Waals surface area contributed by atoms with Crippen LogP contribution < -0.4 is 5.73 Å². The molecule has 1 aromatic rings. The van der Waals surface area contributed by atoms with Gasteiger partial charge < -0.3 is 5.73 Å². The lowest BCUT2D eigenvalue weighted by molar-refractivity contribution is 0.439. The van der Waals surface area contributed by atoms with E-state index in [0.717, 1.165) is 22.4 Å². The molecule has 1 aromatic heterocycles. The molecule has 16 heavy (non-hydrogen) atoms. The van der Waals surface area contributed by atoms with Gasteiger partial charge in [-0.25, -0.2) is 4.68 Å². The first-order valence-electron chi connectivity index (χ1n) is 6.08. The largest absolute Gasteiger partial charge is 0.383 e. The van der Waals surface area contributed by atoms with Crippen LogP contribution in [0.5, 0.6) is 0 Å². The van der Waals surface area contributed by atoms with Crippen molar-refractivity contribution in [1.29, 1.82) is 0 Å². The maximum Gasteiger partial charge on any atom is 0.136 e. The number of nitrogens with two attached hydrogens (primary N) is 1. The molecule has 0 aliphatic heterocycles. The van der Waals surface area contributed by atoms with Gasteiger partial charge in [-0.05, 0) is 36.2 Å². The highest BCUT2D eigenvalue weighted by Crippen LogP contribution is 2.27. The standard InChI is InChI=1S/C12H22BrN3/c1-4-5-6-7-8-9(2)16-12(14)11(13)10(3)15-16/h9H,4-8,14H2,1-3H3. The zero-order valence-electron chi connectivity index (χ0n) is 10.5. The first kappa shape index (κ1) is 13.6. The number of rotatable bonds is 6. The molecule has 0 fully saturated rings. The van der Waals surface area contributed by atoms with E-state index >= 15 is 0 Å². The van der Waals surface area contributed by atoms with Crippen molar-refractivity contribution in [1.82, 2.24) is 9.78 Å². The van der Waals surface area contributed by atoms with Gasteiger partial charge in [-0.3, -0.25) is 0 Å². The van der Waals surface area contributed by atoms with Crippen molar-refractivity contribution in [2.24, 2.45) is 0 Å². The molecule has 3 nitrogen and oxygen atoms in total. The number of hydrogen-bond donors (Lipinski definition) is 1. The molecule has 92 valence electrons. The average Bonchev–Trinajstić information content (AvgIpc) is 2.52. The zero-order chi connectivity index (χ0) is 12.1. The number of halogens is 1. The van der Waals surface area contributed by atoms with Crippen LogP contribution in [0.3, 0.4) is 0 Å². The first-order chi connectivity index (χ1) is 7.57. The van der Waals surface area contributed by atoms with E-state index in [9.17, 15) is 0 Å². The lowest BCUT2D eigenvalue weighted by atomic mass is 10.1. The van der Waals surface area contributed by atoms with Gasteiger partial charge in [0.15, 0.2) is 0 Å². The van der Waals surface area contributed by atoms with Gasteiger partial charge in [0.25, 0.3) is 0 Å². The van der Waals surface area contributed by atoms with Crippen molar-refractivity contribution < 1.29 is 0 Å². The number of hydrogen-bond acceptors (Lipinski definition) is 2. The third kappa shape index (κ3) is 3.24. The SMILES string of the molecule is CCCCCCC(C)n1nc(C)c(Br)c1N. The Kier molecular flexibility index (Phi) is 5.32. The summed E-state index contributed by atoms with van der Waals surface area (Å²) in [6.07, 6.45) is 6.32. The summed E-state index contributed by atoms with van der Waals surface area (Å²) in [6.45, 7) is 6.39. The highest BCUT2D eigenvalue weighted by molar-refractivity contribution is 9.10.